The third-order valence-electron chi connectivity index (χ3n) is 2.04. The van der Waals surface area contributed by atoms with Crippen LogP contribution in [0.15, 0.2) is 23.8 Å². The lowest BCUT2D eigenvalue weighted by atomic mass is 10.1. The number of hydrogen-bond donors (Lipinski definition) is 1. The first-order chi connectivity index (χ1) is 6.56. The average molecular weight is 207 g/mol. The second kappa shape index (κ2) is 4.17. The highest BCUT2D eigenvalue weighted by atomic mass is 35.5. The molecule has 0 saturated carbocycles. The lowest BCUT2D eigenvalue weighted by Crippen LogP contribution is -1.99. The van der Waals surface area contributed by atoms with Gasteiger partial charge in [-0.25, -0.2) is 0 Å². The van der Waals surface area contributed by atoms with Crippen LogP contribution in [0.25, 0.3) is 5.70 Å². The van der Waals surface area contributed by atoms with Crippen molar-refractivity contribution in [2.45, 2.75) is 13.8 Å². The maximum Gasteiger partial charge on any atom is 0.0965 e. The lowest BCUT2D eigenvalue weighted by Gasteiger charge is -2.05. The third kappa shape index (κ3) is 2.07. The number of nitrogens with zero attached hydrogens (tertiary/aromatic N) is 1. The number of aryl methyl sites for hydroxylation is 1. The molecule has 1 aromatic carbocycles. The summed E-state index contributed by atoms with van der Waals surface area (Å²) < 4.78 is 0. The van der Waals surface area contributed by atoms with Gasteiger partial charge in [-0.2, -0.15) is 5.26 Å². The number of halogens is 1. The molecule has 0 unspecified atom stereocenters. The molecule has 0 aliphatic rings. The zero-order valence-corrected chi connectivity index (χ0v) is 8.89. The molecule has 0 radical (unpaired) electrons. The second-order valence-corrected chi connectivity index (χ2v) is 3.52. The molecule has 3 heteroatoms. The van der Waals surface area contributed by atoms with E-state index in [2.05, 4.69) is 0 Å². The predicted molar refractivity (Wildman–Crippen MR) is 58.6 cm³/mol. The van der Waals surface area contributed by atoms with Gasteiger partial charge in [-0.3, -0.25) is 0 Å². The highest BCUT2D eigenvalue weighted by Crippen LogP contribution is 2.20. The average Bonchev–Trinajstić information content (AvgIpc) is 2.20. The SMILES string of the molecule is C/C(C#N)=C(/N)c1ccc(Cl)c(C)c1. The van der Waals surface area contributed by atoms with Crippen LogP contribution in [0.3, 0.4) is 0 Å². The summed E-state index contributed by atoms with van der Waals surface area (Å²) in [7, 11) is 0. The molecule has 0 atom stereocenters. The van der Waals surface area contributed by atoms with E-state index >= 15 is 0 Å². The lowest BCUT2D eigenvalue weighted by molar-refractivity contribution is 1.37. The van der Waals surface area contributed by atoms with Crippen molar-refractivity contribution in [3.8, 4) is 6.07 Å². The molecule has 0 aromatic heterocycles. The van der Waals surface area contributed by atoms with E-state index in [9.17, 15) is 0 Å². The largest absolute Gasteiger partial charge is 0.397 e. The molecule has 0 saturated heterocycles. The monoisotopic (exact) mass is 206 g/mol. The molecule has 0 spiro atoms. The first-order valence-corrected chi connectivity index (χ1v) is 4.57. The zero-order chi connectivity index (χ0) is 10.7. The molecular formula is C11H11ClN2. The van der Waals surface area contributed by atoms with Gasteiger partial charge in [-0.1, -0.05) is 17.7 Å². The first-order valence-electron chi connectivity index (χ1n) is 4.19. The van der Waals surface area contributed by atoms with Crippen LogP contribution in [0.2, 0.25) is 5.02 Å². The van der Waals surface area contributed by atoms with Gasteiger partial charge >= 0.3 is 0 Å². The Labute approximate surface area is 88.6 Å². The molecule has 0 aliphatic carbocycles. The van der Waals surface area contributed by atoms with E-state index < -0.39 is 0 Å². The van der Waals surface area contributed by atoms with E-state index in [0.29, 0.717) is 16.3 Å². The van der Waals surface area contributed by atoms with Crippen LogP contribution in [-0.2, 0) is 0 Å². The molecule has 2 N–H and O–H groups in total. The Kier molecular flexibility index (Phi) is 3.16. The fraction of sp³-hybridized carbons (Fsp3) is 0.182. The van der Waals surface area contributed by atoms with Crippen LogP contribution >= 0.6 is 11.6 Å². The maximum atomic E-state index is 8.68. The highest BCUT2D eigenvalue weighted by Gasteiger charge is 2.03. The van der Waals surface area contributed by atoms with E-state index in [1.54, 1.807) is 13.0 Å². The third-order valence-corrected chi connectivity index (χ3v) is 2.46. The van der Waals surface area contributed by atoms with Crippen molar-refractivity contribution in [3.05, 3.63) is 39.9 Å². The van der Waals surface area contributed by atoms with Gasteiger partial charge in [-0.05, 0) is 37.1 Å². The van der Waals surface area contributed by atoms with Crippen LogP contribution in [0.4, 0.5) is 0 Å². The van der Waals surface area contributed by atoms with Crippen LogP contribution in [0, 0.1) is 18.3 Å². The first kappa shape index (κ1) is 10.6. The Morgan fingerprint density at radius 3 is 2.64 bits per heavy atom. The number of allylic oxidation sites excluding steroid dienone is 1. The summed E-state index contributed by atoms with van der Waals surface area (Å²) in [5, 5.41) is 9.38. The summed E-state index contributed by atoms with van der Waals surface area (Å²) in [6, 6.07) is 7.48. The van der Waals surface area contributed by atoms with Gasteiger partial charge in [-0.15, -0.1) is 0 Å². The van der Waals surface area contributed by atoms with Gasteiger partial charge in [0, 0.05) is 10.6 Å². The van der Waals surface area contributed by atoms with E-state index in [1.807, 2.05) is 25.1 Å². The Morgan fingerprint density at radius 1 is 1.50 bits per heavy atom. The standard InChI is InChI=1S/C11H11ClN2/c1-7-5-9(3-4-10(7)12)11(14)8(2)6-13/h3-5H,14H2,1-2H3/b11-8-. The van der Waals surface area contributed by atoms with Gasteiger partial charge in [0.1, 0.15) is 0 Å². The minimum atomic E-state index is 0.507. The second-order valence-electron chi connectivity index (χ2n) is 3.11. The minimum absolute atomic E-state index is 0.507. The normalized spacial score (nSPS) is 11.9. The van der Waals surface area contributed by atoms with Crippen molar-refractivity contribution in [2.75, 3.05) is 0 Å². The van der Waals surface area contributed by atoms with Crippen LogP contribution in [0.5, 0.6) is 0 Å². The number of rotatable bonds is 1. The molecule has 0 bridgehead atoms. The van der Waals surface area contributed by atoms with Crippen molar-refractivity contribution in [3.63, 3.8) is 0 Å². The van der Waals surface area contributed by atoms with Crippen molar-refractivity contribution < 1.29 is 0 Å². The summed E-state index contributed by atoms with van der Waals surface area (Å²) in [4.78, 5) is 0. The molecule has 1 aromatic rings. The van der Waals surface area contributed by atoms with Gasteiger partial charge in [0.15, 0.2) is 0 Å². The Hall–Kier alpha value is -1.46. The van der Waals surface area contributed by atoms with E-state index in [4.69, 9.17) is 22.6 Å². The zero-order valence-electron chi connectivity index (χ0n) is 8.13. The number of nitriles is 1. The molecule has 0 fully saturated rings. The molecular weight excluding hydrogens is 196 g/mol. The summed E-state index contributed by atoms with van der Waals surface area (Å²) in [5.41, 5.74) is 8.60. The Bertz CT molecular complexity index is 427. The van der Waals surface area contributed by atoms with E-state index in [-0.39, 0.29) is 0 Å². The molecule has 0 amide bonds. The van der Waals surface area contributed by atoms with E-state index in [1.165, 1.54) is 0 Å². The molecule has 1 rings (SSSR count). The summed E-state index contributed by atoms with van der Waals surface area (Å²) in [6.07, 6.45) is 0. The highest BCUT2D eigenvalue weighted by molar-refractivity contribution is 6.31. The Morgan fingerprint density at radius 2 is 2.14 bits per heavy atom. The van der Waals surface area contributed by atoms with Crippen molar-refractivity contribution >= 4 is 17.3 Å². The quantitative estimate of drug-likeness (QED) is 0.719. The summed E-state index contributed by atoms with van der Waals surface area (Å²) in [6.45, 7) is 3.60. The maximum absolute atomic E-state index is 8.68. The number of hydrogen-bond acceptors (Lipinski definition) is 2. The van der Waals surface area contributed by atoms with E-state index in [0.717, 1.165) is 11.1 Å². The topological polar surface area (TPSA) is 49.8 Å². The van der Waals surface area contributed by atoms with Gasteiger partial charge < -0.3 is 5.73 Å². The molecule has 2 nitrogen and oxygen atoms in total. The molecule has 14 heavy (non-hydrogen) atoms. The molecule has 0 heterocycles. The van der Waals surface area contributed by atoms with Crippen molar-refractivity contribution in [2.24, 2.45) is 5.73 Å². The smallest absolute Gasteiger partial charge is 0.0965 e. The van der Waals surface area contributed by atoms with Crippen molar-refractivity contribution in [1.29, 1.82) is 5.26 Å². The van der Waals surface area contributed by atoms with Crippen LogP contribution in [0.1, 0.15) is 18.1 Å². The van der Waals surface area contributed by atoms with Crippen LogP contribution < -0.4 is 5.73 Å². The summed E-state index contributed by atoms with van der Waals surface area (Å²) in [5.74, 6) is 0. The van der Waals surface area contributed by atoms with Crippen molar-refractivity contribution in [1.82, 2.24) is 0 Å². The molecule has 0 aliphatic heterocycles. The predicted octanol–water partition coefficient (Wildman–Crippen LogP) is 2.86. The van der Waals surface area contributed by atoms with Gasteiger partial charge in [0.2, 0.25) is 0 Å². The number of benzene rings is 1. The summed E-state index contributed by atoms with van der Waals surface area (Å²) >= 11 is 5.88. The van der Waals surface area contributed by atoms with Gasteiger partial charge in [0.05, 0.1) is 11.8 Å². The Balaban J connectivity index is 3.24. The minimum Gasteiger partial charge on any atom is -0.397 e. The van der Waals surface area contributed by atoms with Gasteiger partial charge in [0.25, 0.3) is 0 Å². The fourth-order valence-electron chi connectivity index (χ4n) is 1.09. The number of nitrogens with two attached hydrogens (primary N) is 1. The fourth-order valence-corrected chi connectivity index (χ4v) is 1.21. The van der Waals surface area contributed by atoms with Crippen LogP contribution in [-0.4, -0.2) is 0 Å². The molecule has 72 valence electrons.